The number of nitrogens with zero attached hydrogens (tertiary/aromatic N) is 3. The highest BCUT2D eigenvalue weighted by molar-refractivity contribution is 7.90. The van der Waals surface area contributed by atoms with Gasteiger partial charge in [-0.3, -0.25) is 4.79 Å². The fourth-order valence-electron chi connectivity index (χ4n) is 2.48. The van der Waals surface area contributed by atoms with Gasteiger partial charge in [-0.15, -0.1) is 11.3 Å². The number of sulfone groups is 1. The molecule has 0 radical (unpaired) electrons. The first-order valence-corrected chi connectivity index (χ1v) is 11.5. The Bertz CT molecular complexity index is 1220. The zero-order chi connectivity index (χ0) is 19.0. The predicted octanol–water partition coefficient (Wildman–Crippen LogP) is 3.13. The first-order valence-electron chi connectivity index (χ1n) is 7.87. The molecule has 27 heavy (non-hydrogen) atoms. The van der Waals surface area contributed by atoms with E-state index >= 15 is 0 Å². The molecule has 3 heterocycles. The molecule has 0 aliphatic carbocycles. The van der Waals surface area contributed by atoms with Crippen molar-refractivity contribution >= 4 is 53.8 Å². The van der Waals surface area contributed by atoms with Gasteiger partial charge in [-0.05, 0) is 30.3 Å². The Hall–Kier alpha value is -2.56. The number of nitrogens with one attached hydrogen (secondary N) is 1. The number of aromatic nitrogens is 3. The van der Waals surface area contributed by atoms with Crippen molar-refractivity contribution in [3.05, 3.63) is 53.8 Å². The zero-order valence-electron chi connectivity index (χ0n) is 14.1. The van der Waals surface area contributed by atoms with Crippen molar-refractivity contribution in [3.63, 3.8) is 0 Å². The van der Waals surface area contributed by atoms with Gasteiger partial charge in [0.15, 0.2) is 20.1 Å². The molecule has 0 unspecified atom stereocenters. The van der Waals surface area contributed by atoms with Crippen LogP contribution in [-0.2, 0) is 21.1 Å². The van der Waals surface area contributed by atoms with Crippen molar-refractivity contribution in [2.75, 3.05) is 11.6 Å². The first kappa shape index (κ1) is 17.8. The summed E-state index contributed by atoms with van der Waals surface area (Å²) in [6.07, 6.45) is 5.10. The van der Waals surface area contributed by atoms with E-state index in [0.717, 1.165) is 11.4 Å². The number of hydrogen-bond donors (Lipinski definition) is 1. The van der Waals surface area contributed by atoms with Crippen LogP contribution in [0.25, 0.3) is 15.3 Å². The first-order chi connectivity index (χ1) is 12.9. The Morgan fingerprint density at radius 1 is 1.22 bits per heavy atom. The van der Waals surface area contributed by atoms with Gasteiger partial charge in [0.25, 0.3) is 0 Å². The molecule has 138 valence electrons. The molecule has 7 nitrogen and oxygen atoms in total. The van der Waals surface area contributed by atoms with Crippen molar-refractivity contribution in [1.29, 1.82) is 0 Å². The van der Waals surface area contributed by atoms with E-state index < -0.39 is 9.84 Å². The maximum absolute atomic E-state index is 12.3. The van der Waals surface area contributed by atoms with Gasteiger partial charge in [-0.25, -0.2) is 18.4 Å². The second kappa shape index (κ2) is 6.87. The minimum Gasteiger partial charge on any atom is -0.302 e. The summed E-state index contributed by atoms with van der Waals surface area (Å²) in [4.78, 5) is 21.3. The van der Waals surface area contributed by atoms with Crippen molar-refractivity contribution in [1.82, 2.24) is 14.5 Å². The zero-order valence-corrected chi connectivity index (χ0v) is 16.6. The summed E-state index contributed by atoms with van der Waals surface area (Å²) in [5.41, 5.74) is 1.33. The third-order valence-electron chi connectivity index (χ3n) is 3.74. The second-order valence-corrected chi connectivity index (χ2v) is 9.74. The van der Waals surface area contributed by atoms with Crippen LogP contribution in [0.3, 0.4) is 0 Å². The number of fused-ring (bicyclic) bond motifs is 1. The molecule has 0 saturated carbocycles. The molecule has 0 aliphatic heterocycles. The maximum atomic E-state index is 12.3. The lowest BCUT2D eigenvalue weighted by Crippen LogP contribution is -2.14. The fourth-order valence-corrected chi connectivity index (χ4v) is 4.91. The topological polar surface area (TPSA) is 94.0 Å². The van der Waals surface area contributed by atoms with Crippen LogP contribution in [-0.4, -0.2) is 35.1 Å². The van der Waals surface area contributed by atoms with Crippen LogP contribution >= 0.6 is 22.7 Å². The van der Waals surface area contributed by atoms with Crippen molar-refractivity contribution < 1.29 is 13.2 Å². The molecule has 1 aromatic carbocycles. The van der Waals surface area contributed by atoms with E-state index in [1.165, 1.54) is 28.7 Å². The average molecular weight is 419 g/mol. The monoisotopic (exact) mass is 418 g/mol. The summed E-state index contributed by atoms with van der Waals surface area (Å²) in [6.45, 7) is 0. The van der Waals surface area contributed by atoms with Gasteiger partial charge < -0.3 is 9.88 Å². The summed E-state index contributed by atoms with van der Waals surface area (Å²) in [6, 6.07) is 8.55. The quantitative estimate of drug-likeness (QED) is 0.537. The van der Waals surface area contributed by atoms with E-state index in [9.17, 15) is 13.2 Å². The molecular formula is C17H14N4O3S3. The number of carbonyl (C=O) groups excluding carboxylic acids is 1. The number of thiazole rings is 2. The molecule has 4 rings (SSSR count). The molecule has 0 atom stereocenters. The third kappa shape index (κ3) is 3.92. The molecular weight excluding hydrogens is 404 g/mol. The molecule has 0 fully saturated rings. The Kier molecular flexibility index (Phi) is 4.54. The highest BCUT2D eigenvalue weighted by Crippen LogP contribution is 2.28. The molecule has 1 N–H and O–H groups in total. The average Bonchev–Trinajstić information content (AvgIpc) is 3.33. The number of amides is 1. The van der Waals surface area contributed by atoms with Gasteiger partial charge in [0.2, 0.25) is 5.91 Å². The molecule has 1 amide bonds. The van der Waals surface area contributed by atoms with E-state index in [-0.39, 0.29) is 17.2 Å². The van der Waals surface area contributed by atoms with Gasteiger partial charge in [0, 0.05) is 24.0 Å². The van der Waals surface area contributed by atoms with E-state index in [2.05, 4.69) is 15.3 Å². The van der Waals surface area contributed by atoms with Gasteiger partial charge in [0.1, 0.15) is 0 Å². The SMILES string of the molecule is CS(=O)(=O)c1ccc2nc(NC(=O)Cc3csc(-n4cccc4)n3)sc2c1. The molecule has 0 aliphatic rings. The molecule has 0 spiro atoms. The van der Waals surface area contributed by atoms with Gasteiger partial charge in [-0.1, -0.05) is 11.3 Å². The minimum atomic E-state index is -3.28. The Balaban J connectivity index is 1.48. The number of carbonyl (C=O) groups is 1. The largest absolute Gasteiger partial charge is 0.302 e. The highest BCUT2D eigenvalue weighted by Gasteiger charge is 2.13. The van der Waals surface area contributed by atoms with Crippen LogP contribution < -0.4 is 5.32 Å². The van der Waals surface area contributed by atoms with Crippen molar-refractivity contribution in [2.24, 2.45) is 0 Å². The molecule has 3 aromatic heterocycles. The normalized spacial score (nSPS) is 11.7. The predicted molar refractivity (Wildman–Crippen MR) is 107 cm³/mol. The van der Waals surface area contributed by atoms with Crippen LogP contribution in [0.4, 0.5) is 5.13 Å². The lowest BCUT2D eigenvalue weighted by atomic mass is 10.3. The number of hydrogen-bond acceptors (Lipinski definition) is 7. The molecule has 0 saturated heterocycles. The number of rotatable bonds is 5. The number of anilines is 1. The van der Waals surface area contributed by atoms with Crippen LogP contribution in [0, 0.1) is 0 Å². The second-order valence-electron chi connectivity index (χ2n) is 5.86. The van der Waals surface area contributed by atoms with Crippen molar-refractivity contribution in [3.8, 4) is 5.13 Å². The maximum Gasteiger partial charge on any atom is 0.232 e. The summed E-state index contributed by atoms with van der Waals surface area (Å²) in [7, 11) is -3.28. The van der Waals surface area contributed by atoms with Gasteiger partial charge in [-0.2, -0.15) is 0 Å². The Labute approximate surface area is 163 Å². The number of benzene rings is 1. The van der Waals surface area contributed by atoms with E-state index in [4.69, 9.17) is 0 Å². The molecule has 10 heteroatoms. The Morgan fingerprint density at radius 2 is 2.00 bits per heavy atom. The van der Waals surface area contributed by atoms with E-state index in [0.29, 0.717) is 21.0 Å². The summed E-state index contributed by atoms with van der Waals surface area (Å²) >= 11 is 2.71. The summed E-state index contributed by atoms with van der Waals surface area (Å²) in [5, 5.41) is 5.85. The molecule has 4 aromatic rings. The minimum absolute atomic E-state index is 0.141. The van der Waals surface area contributed by atoms with Crippen LogP contribution in [0.2, 0.25) is 0 Å². The summed E-state index contributed by atoms with van der Waals surface area (Å²) < 4.78 is 25.9. The van der Waals surface area contributed by atoms with Crippen LogP contribution in [0.1, 0.15) is 5.69 Å². The smallest absolute Gasteiger partial charge is 0.232 e. The summed E-state index contributed by atoms with van der Waals surface area (Å²) in [5.74, 6) is -0.221. The standard InChI is InChI=1S/C17H14N4O3S3/c1-27(23,24)12-4-5-13-14(9-12)26-16(19-13)20-15(22)8-11-10-25-17(18-11)21-6-2-3-7-21/h2-7,9-10H,8H2,1H3,(H,19,20,22). The lowest BCUT2D eigenvalue weighted by Gasteiger charge is -1.99. The van der Waals surface area contributed by atoms with Crippen LogP contribution in [0.15, 0.2) is 53.0 Å². The lowest BCUT2D eigenvalue weighted by molar-refractivity contribution is -0.115. The van der Waals surface area contributed by atoms with Gasteiger partial charge in [0.05, 0.1) is 27.2 Å². The van der Waals surface area contributed by atoms with E-state index in [1.807, 2.05) is 34.5 Å². The Morgan fingerprint density at radius 3 is 2.74 bits per heavy atom. The highest BCUT2D eigenvalue weighted by atomic mass is 32.2. The third-order valence-corrected chi connectivity index (χ3v) is 6.69. The fraction of sp³-hybridized carbons (Fsp3) is 0.118. The van der Waals surface area contributed by atoms with E-state index in [1.54, 1.807) is 12.1 Å². The molecule has 0 bridgehead atoms. The van der Waals surface area contributed by atoms with Crippen LogP contribution in [0.5, 0.6) is 0 Å². The van der Waals surface area contributed by atoms with Gasteiger partial charge >= 0.3 is 0 Å². The van der Waals surface area contributed by atoms with Crippen molar-refractivity contribution in [2.45, 2.75) is 11.3 Å².